The molecule has 1 N–H and O–H groups in total. The van der Waals surface area contributed by atoms with Crippen molar-refractivity contribution in [3.8, 4) is 5.75 Å². The van der Waals surface area contributed by atoms with Crippen molar-refractivity contribution in [1.29, 1.82) is 0 Å². The van der Waals surface area contributed by atoms with Crippen LogP contribution in [-0.2, 0) is 16.0 Å². The maximum absolute atomic E-state index is 12.5. The first kappa shape index (κ1) is 16.8. The van der Waals surface area contributed by atoms with Crippen LogP contribution < -0.4 is 0 Å². The van der Waals surface area contributed by atoms with E-state index in [1.165, 1.54) is 6.42 Å². The van der Waals surface area contributed by atoms with Gasteiger partial charge in [0.2, 0.25) is 5.91 Å². The van der Waals surface area contributed by atoms with Crippen LogP contribution in [-0.4, -0.2) is 42.2 Å². The molecule has 1 heterocycles. The number of aryl methyl sites for hydroxylation is 1. The van der Waals surface area contributed by atoms with E-state index in [9.17, 15) is 9.90 Å². The van der Waals surface area contributed by atoms with Gasteiger partial charge in [-0.2, -0.15) is 0 Å². The summed E-state index contributed by atoms with van der Waals surface area (Å²) >= 11 is 0. The van der Waals surface area contributed by atoms with Gasteiger partial charge in [0.05, 0.1) is 0 Å². The highest BCUT2D eigenvalue weighted by molar-refractivity contribution is 5.77. The van der Waals surface area contributed by atoms with E-state index in [2.05, 4.69) is 4.90 Å². The number of aromatic hydroxyl groups is 1. The molecule has 0 bridgehead atoms. The Morgan fingerprint density at radius 3 is 2.82 bits per heavy atom. The molecular weight excluding hydrogens is 278 g/mol. The number of rotatable bonds is 7. The van der Waals surface area contributed by atoms with Gasteiger partial charge in [-0.1, -0.05) is 12.1 Å². The summed E-state index contributed by atoms with van der Waals surface area (Å²) < 4.78 is 5.12. The van der Waals surface area contributed by atoms with Crippen molar-refractivity contribution < 1.29 is 14.6 Å². The van der Waals surface area contributed by atoms with Crippen LogP contribution >= 0.6 is 0 Å². The fourth-order valence-electron chi connectivity index (χ4n) is 3.15. The number of carbonyl (C=O) groups is 1. The zero-order valence-corrected chi connectivity index (χ0v) is 13.5. The molecule has 0 radical (unpaired) electrons. The normalized spacial score (nSPS) is 18.4. The number of likely N-dealkylation sites (tertiary alicyclic amines) is 1. The first-order chi connectivity index (χ1) is 10.7. The topological polar surface area (TPSA) is 49.8 Å². The van der Waals surface area contributed by atoms with Gasteiger partial charge in [-0.15, -0.1) is 0 Å². The minimum absolute atomic E-state index is 0.259. The number of nitrogens with zero attached hydrogens (tertiary/aromatic N) is 1. The van der Waals surface area contributed by atoms with Crippen molar-refractivity contribution >= 4 is 5.91 Å². The molecule has 1 amide bonds. The molecule has 0 spiro atoms. The number of benzene rings is 1. The molecule has 0 aromatic heterocycles. The minimum Gasteiger partial charge on any atom is -0.508 e. The Kier molecular flexibility index (Phi) is 6.72. The molecule has 4 heteroatoms. The molecule has 22 heavy (non-hydrogen) atoms. The van der Waals surface area contributed by atoms with E-state index in [1.807, 2.05) is 12.1 Å². The van der Waals surface area contributed by atoms with Crippen LogP contribution in [0.4, 0.5) is 0 Å². The summed E-state index contributed by atoms with van der Waals surface area (Å²) in [5, 5.41) is 9.29. The first-order valence-corrected chi connectivity index (χ1v) is 8.27. The van der Waals surface area contributed by atoms with Gasteiger partial charge < -0.3 is 14.7 Å². The lowest BCUT2D eigenvalue weighted by Crippen LogP contribution is -2.43. The molecule has 1 aromatic carbocycles. The molecule has 122 valence electrons. The van der Waals surface area contributed by atoms with Crippen LogP contribution in [0.2, 0.25) is 0 Å². The summed E-state index contributed by atoms with van der Waals surface area (Å²) in [5.41, 5.74) is 1.10. The summed E-state index contributed by atoms with van der Waals surface area (Å²) in [6.07, 6.45) is 6.80. The van der Waals surface area contributed by atoms with Gasteiger partial charge in [0.15, 0.2) is 0 Å². The number of methoxy groups -OCH3 is 1. The number of hydrogen-bond donors (Lipinski definition) is 1. The number of phenols is 1. The number of piperidine rings is 1. The van der Waals surface area contributed by atoms with Crippen LogP contribution in [0.3, 0.4) is 0 Å². The van der Waals surface area contributed by atoms with Crippen LogP contribution in [0, 0.1) is 0 Å². The smallest absolute Gasteiger partial charge is 0.223 e. The Balaban J connectivity index is 1.84. The maximum Gasteiger partial charge on any atom is 0.223 e. The minimum atomic E-state index is 0.259. The van der Waals surface area contributed by atoms with Gasteiger partial charge in [-0.25, -0.2) is 0 Å². The quantitative estimate of drug-likeness (QED) is 0.787. The fourth-order valence-corrected chi connectivity index (χ4v) is 3.15. The lowest BCUT2D eigenvalue weighted by molar-refractivity contribution is -0.135. The molecule has 1 aliphatic heterocycles. The van der Waals surface area contributed by atoms with E-state index in [0.717, 1.165) is 50.8 Å². The van der Waals surface area contributed by atoms with Gasteiger partial charge in [0, 0.05) is 32.7 Å². The summed E-state index contributed by atoms with van der Waals surface area (Å²) in [5.74, 6) is 0.527. The van der Waals surface area contributed by atoms with E-state index >= 15 is 0 Å². The van der Waals surface area contributed by atoms with Crippen LogP contribution in [0.5, 0.6) is 5.75 Å². The van der Waals surface area contributed by atoms with E-state index in [0.29, 0.717) is 12.5 Å². The molecule has 1 aliphatic rings. The van der Waals surface area contributed by atoms with Crippen LogP contribution in [0.1, 0.15) is 44.1 Å². The van der Waals surface area contributed by atoms with Crippen molar-refractivity contribution in [2.24, 2.45) is 0 Å². The zero-order valence-electron chi connectivity index (χ0n) is 13.5. The Morgan fingerprint density at radius 2 is 2.09 bits per heavy atom. The third kappa shape index (κ3) is 5.02. The second-order valence-corrected chi connectivity index (χ2v) is 6.04. The van der Waals surface area contributed by atoms with E-state index in [4.69, 9.17) is 4.74 Å². The predicted molar refractivity (Wildman–Crippen MR) is 86.9 cm³/mol. The van der Waals surface area contributed by atoms with Gasteiger partial charge in [-0.3, -0.25) is 4.79 Å². The molecule has 1 aromatic rings. The molecular formula is C18H27NO3. The average Bonchev–Trinajstić information content (AvgIpc) is 2.55. The summed E-state index contributed by atoms with van der Waals surface area (Å²) in [6, 6.07) is 7.50. The Hall–Kier alpha value is -1.55. The van der Waals surface area contributed by atoms with E-state index in [-0.39, 0.29) is 11.7 Å². The number of phenolic OH excluding ortho intramolecular Hbond substituents is 1. The lowest BCUT2D eigenvalue weighted by atomic mass is 9.97. The van der Waals surface area contributed by atoms with Crippen LogP contribution in [0.15, 0.2) is 24.3 Å². The second kappa shape index (κ2) is 8.79. The summed E-state index contributed by atoms with van der Waals surface area (Å²) in [4.78, 5) is 14.6. The van der Waals surface area contributed by atoms with Crippen molar-refractivity contribution in [2.75, 3.05) is 20.3 Å². The Bertz CT molecular complexity index is 458. The largest absolute Gasteiger partial charge is 0.508 e. The molecule has 1 fully saturated rings. The Morgan fingerprint density at radius 1 is 1.32 bits per heavy atom. The molecule has 0 saturated carbocycles. The van der Waals surface area contributed by atoms with Gasteiger partial charge in [0.25, 0.3) is 0 Å². The van der Waals surface area contributed by atoms with Crippen molar-refractivity contribution in [2.45, 2.75) is 51.0 Å². The Labute approximate surface area is 133 Å². The van der Waals surface area contributed by atoms with Crippen molar-refractivity contribution in [3.05, 3.63) is 29.8 Å². The molecule has 1 unspecified atom stereocenters. The number of amides is 1. The van der Waals surface area contributed by atoms with Crippen molar-refractivity contribution in [1.82, 2.24) is 4.90 Å². The summed E-state index contributed by atoms with van der Waals surface area (Å²) in [7, 11) is 1.72. The SMILES string of the molecule is COCCCC1CCCCN1C(=O)CCc1ccc(O)cc1. The fraction of sp³-hybridized carbons (Fsp3) is 0.611. The third-order valence-electron chi connectivity index (χ3n) is 4.40. The van der Waals surface area contributed by atoms with Crippen molar-refractivity contribution in [3.63, 3.8) is 0 Å². The van der Waals surface area contributed by atoms with E-state index in [1.54, 1.807) is 19.2 Å². The second-order valence-electron chi connectivity index (χ2n) is 6.04. The molecule has 4 nitrogen and oxygen atoms in total. The highest BCUT2D eigenvalue weighted by Gasteiger charge is 2.25. The number of carbonyl (C=O) groups excluding carboxylic acids is 1. The van der Waals surface area contributed by atoms with Gasteiger partial charge in [0.1, 0.15) is 5.75 Å². The molecule has 2 rings (SSSR count). The highest BCUT2D eigenvalue weighted by Crippen LogP contribution is 2.22. The molecule has 1 saturated heterocycles. The highest BCUT2D eigenvalue weighted by atomic mass is 16.5. The first-order valence-electron chi connectivity index (χ1n) is 8.27. The zero-order chi connectivity index (χ0) is 15.8. The summed E-state index contributed by atoms with van der Waals surface area (Å²) in [6.45, 7) is 1.66. The standard InChI is InChI=1S/C18H27NO3/c1-22-14-4-6-16-5-2-3-13-19(16)18(21)12-9-15-7-10-17(20)11-8-15/h7-8,10-11,16,20H,2-6,9,12-14H2,1H3. The molecule has 1 atom stereocenters. The van der Waals surface area contributed by atoms with E-state index < -0.39 is 0 Å². The monoisotopic (exact) mass is 305 g/mol. The number of ether oxygens (including phenoxy) is 1. The van der Waals surface area contributed by atoms with Gasteiger partial charge >= 0.3 is 0 Å². The third-order valence-corrected chi connectivity index (χ3v) is 4.40. The predicted octanol–water partition coefficient (Wildman–Crippen LogP) is 3.13. The average molecular weight is 305 g/mol. The molecule has 0 aliphatic carbocycles. The lowest BCUT2D eigenvalue weighted by Gasteiger charge is -2.36. The van der Waals surface area contributed by atoms with Gasteiger partial charge in [-0.05, 0) is 56.2 Å². The maximum atomic E-state index is 12.5. The number of hydrogen-bond acceptors (Lipinski definition) is 3. The van der Waals surface area contributed by atoms with Crippen LogP contribution in [0.25, 0.3) is 0 Å².